The summed E-state index contributed by atoms with van der Waals surface area (Å²) >= 11 is 0. The van der Waals surface area contributed by atoms with E-state index in [9.17, 15) is 9.90 Å². The van der Waals surface area contributed by atoms with E-state index >= 15 is 0 Å². The Morgan fingerprint density at radius 1 is 1.50 bits per heavy atom. The Balaban J connectivity index is 2.94. The Morgan fingerprint density at radius 2 is 2.12 bits per heavy atom. The minimum Gasteiger partial charge on any atom is -0.465 e. The summed E-state index contributed by atoms with van der Waals surface area (Å²) in [5.74, 6) is 0. The molecule has 1 amide bonds. The third-order valence-corrected chi connectivity index (χ3v) is 2.51. The van der Waals surface area contributed by atoms with Crippen LogP contribution in [0.1, 0.15) is 31.9 Å². The summed E-state index contributed by atoms with van der Waals surface area (Å²) in [6, 6.07) is 1.86. The maximum atomic E-state index is 11.2. The van der Waals surface area contributed by atoms with Gasteiger partial charge in [-0.1, -0.05) is 0 Å². The Hall–Kier alpha value is -1.58. The lowest BCUT2D eigenvalue weighted by atomic mass is 10.0. The zero-order valence-electron chi connectivity index (χ0n) is 10.2. The summed E-state index contributed by atoms with van der Waals surface area (Å²) in [5, 5.41) is 9.17. The number of aromatic nitrogens is 1. The molecule has 0 unspecified atom stereocenters. The highest BCUT2D eigenvalue weighted by atomic mass is 16.4. The molecule has 0 bridgehead atoms. The van der Waals surface area contributed by atoms with E-state index in [1.807, 2.05) is 33.8 Å². The van der Waals surface area contributed by atoms with E-state index in [4.69, 9.17) is 0 Å². The highest BCUT2D eigenvalue weighted by molar-refractivity contribution is 5.66. The van der Waals surface area contributed by atoms with Crippen LogP contribution >= 0.6 is 0 Å². The van der Waals surface area contributed by atoms with Gasteiger partial charge in [0.2, 0.25) is 0 Å². The summed E-state index contributed by atoms with van der Waals surface area (Å²) in [5.41, 5.74) is 1.60. The molecule has 0 aromatic carbocycles. The first kappa shape index (κ1) is 12.5. The topological polar surface area (TPSA) is 53.4 Å². The van der Waals surface area contributed by atoms with E-state index in [2.05, 4.69) is 4.98 Å². The highest BCUT2D eigenvalue weighted by Gasteiger charge is 2.26. The molecule has 0 saturated carbocycles. The number of amides is 1. The largest absolute Gasteiger partial charge is 0.465 e. The van der Waals surface area contributed by atoms with Crippen molar-refractivity contribution in [2.75, 3.05) is 0 Å². The second-order valence-corrected chi connectivity index (χ2v) is 4.84. The molecule has 0 radical (unpaired) electrons. The van der Waals surface area contributed by atoms with Gasteiger partial charge >= 0.3 is 6.09 Å². The van der Waals surface area contributed by atoms with Crippen molar-refractivity contribution in [2.45, 2.75) is 39.8 Å². The first-order valence-electron chi connectivity index (χ1n) is 5.22. The molecule has 0 aliphatic carbocycles. The average Bonchev–Trinajstić information content (AvgIpc) is 2.14. The molecule has 0 saturated heterocycles. The van der Waals surface area contributed by atoms with Crippen LogP contribution in [0.3, 0.4) is 0 Å². The van der Waals surface area contributed by atoms with Crippen molar-refractivity contribution < 1.29 is 9.90 Å². The van der Waals surface area contributed by atoms with Crippen molar-refractivity contribution in [3.05, 3.63) is 29.6 Å². The number of hydrogen-bond donors (Lipinski definition) is 1. The van der Waals surface area contributed by atoms with Crippen LogP contribution in [-0.2, 0) is 6.54 Å². The first-order chi connectivity index (χ1) is 7.32. The summed E-state index contributed by atoms with van der Waals surface area (Å²) in [4.78, 5) is 16.6. The maximum absolute atomic E-state index is 11.2. The molecule has 0 spiro atoms. The van der Waals surface area contributed by atoms with Gasteiger partial charge in [-0.2, -0.15) is 0 Å². The van der Waals surface area contributed by atoms with Crippen LogP contribution in [-0.4, -0.2) is 26.6 Å². The molecular formula is C12H18N2O2. The van der Waals surface area contributed by atoms with Crippen LogP contribution in [0, 0.1) is 6.92 Å². The summed E-state index contributed by atoms with van der Waals surface area (Å²) in [7, 11) is 0. The van der Waals surface area contributed by atoms with Gasteiger partial charge in [-0.3, -0.25) is 9.88 Å². The zero-order chi connectivity index (χ0) is 12.3. The Bertz CT molecular complexity index is 383. The normalized spacial score (nSPS) is 11.2. The van der Waals surface area contributed by atoms with E-state index in [0.717, 1.165) is 11.1 Å². The van der Waals surface area contributed by atoms with Crippen LogP contribution in [0.25, 0.3) is 0 Å². The molecular weight excluding hydrogens is 204 g/mol. The van der Waals surface area contributed by atoms with Gasteiger partial charge in [-0.05, 0) is 44.9 Å². The molecule has 0 fully saturated rings. The third-order valence-electron chi connectivity index (χ3n) is 2.51. The molecule has 4 nitrogen and oxygen atoms in total. The predicted octanol–water partition coefficient (Wildman–Crippen LogP) is 2.67. The molecule has 4 heteroatoms. The number of carbonyl (C=O) groups is 1. The lowest BCUT2D eigenvalue weighted by molar-refractivity contribution is 0.0954. The molecule has 16 heavy (non-hydrogen) atoms. The van der Waals surface area contributed by atoms with Crippen molar-refractivity contribution in [2.24, 2.45) is 0 Å². The van der Waals surface area contributed by atoms with Crippen molar-refractivity contribution >= 4 is 6.09 Å². The van der Waals surface area contributed by atoms with Gasteiger partial charge in [0, 0.05) is 24.5 Å². The SMILES string of the molecule is Cc1cnccc1CN(C(=O)O)C(C)(C)C. The minimum atomic E-state index is -0.899. The number of carboxylic acid groups (broad SMARTS) is 1. The Kier molecular flexibility index (Phi) is 3.52. The van der Waals surface area contributed by atoms with Crippen molar-refractivity contribution in [1.29, 1.82) is 0 Å². The van der Waals surface area contributed by atoms with Crippen molar-refractivity contribution in [3.63, 3.8) is 0 Å². The van der Waals surface area contributed by atoms with Crippen LogP contribution in [0.15, 0.2) is 18.5 Å². The first-order valence-corrected chi connectivity index (χ1v) is 5.22. The number of hydrogen-bond acceptors (Lipinski definition) is 2. The summed E-state index contributed by atoms with van der Waals surface area (Å²) in [6.07, 6.45) is 2.53. The van der Waals surface area contributed by atoms with Crippen LogP contribution < -0.4 is 0 Å². The number of aryl methyl sites for hydroxylation is 1. The average molecular weight is 222 g/mol. The Labute approximate surface area is 95.9 Å². The van der Waals surface area contributed by atoms with Gasteiger partial charge in [-0.25, -0.2) is 4.79 Å². The van der Waals surface area contributed by atoms with Gasteiger partial charge in [0.1, 0.15) is 0 Å². The molecule has 1 rings (SSSR count). The molecule has 1 N–H and O–H groups in total. The fraction of sp³-hybridized carbons (Fsp3) is 0.500. The number of nitrogens with zero attached hydrogens (tertiary/aromatic N) is 2. The van der Waals surface area contributed by atoms with E-state index in [1.54, 1.807) is 12.4 Å². The van der Waals surface area contributed by atoms with E-state index in [0.29, 0.717) is 6.54 Å². The standard InChI is InChI=1S/C12H18N2O2/c1-9-7-13-6-5-10(9)8-14(11(15)16)12(2,3)4/h5-7H,8H2,1-4H3,(H,15,16). The number of pyridine rings is 1. The molecule has 88 valence electrons. The third kappa shape index (κ3) is 2.95. The molecule has 1 heterocycles. The maximum Gasteiger partial charge on any atom is 0.408 e. The second-order valence-electron chi connectivity index (χ2n) is 4.84. The van der Waals surface area contributed by atoms with Gasteiger partial charge in [-0.15, -0.1) is 0 Å². The van der Waals surface area contributed by atoms with Crippen LogP contribution in [0.2, 0.25) is 0 Å². The van der Waals surface area contributed by atoms with Crippen LogP contribution in [0.5, 0.6) is 0 Å². The summed E-state index contributed by atoms with van der Waals surface area (Å²) < 4.78 is 0. The van der Waals surface area contributed by atoms with Crippen LogP contribution in [0.4, 0.5) is 4.79 Å². The Morgan fingerprint density at radius 3 is 2.56 bits per heavy atom. The monoisotopic (exact) mass is 222 g/mol. The fourth-order valence-corrected chi connectivity index (χ4v) is 1.44. The molecule has 0 atom stereocenters. The molecule has 0 aliphatic rings. The fourth-order valence-electron chi connectivity index (χ4n) is 1.44. The smallest absolute Gasteiger partial charge is 0.408 e. The van der Waals surface area contributed by atoms with Gasteiger partial charge < -0.3 is 5.11 Å². The number of rotatable bonds is 2. The second kappa shape index (κ2) is 4.51. The van der Waals surface area contributed by atoms with E-state index in [1.165, 1.54) is 4.90 Å². The van der Waals surface area contributed by atoms with Gasteiger partial charge in [0.25, 0.3) is 0 Å². The molecule has 1 aromatic heterocycles. The summed E-state index contributed by atoms with van der Waals surface area (Å²) in [6.45, 7) is 7.99. The predicted molar refractivity (Wildman–Crippen MR) is 62.3 cm³/mol. The lowest BCUT2D eigenvalue weighted by Gasteiger charge is -2.33. The zero-order valence-corrected chi connectivity index (χ0v) is 10.2. The quantitative estimate of drug-likeness (QED) is 0.837. The minimum absolute atomic E-state index is 0.396. The van der Waals surface area contributed by atoms with Gasteiger partial charge in [0.15, 0.2) is 0 Å². The van der Waals surface area contributed by atoms with Crippen molar-refractivity contribution in [3.8, 4) is 0 Å². The van der Waals surface area contributed by atoms with Gasteiger partial charge in [0.05, 0.1) is 0 Å². The van der Waals surface area contributed by atoms with Crippen molar-refractivity contribution in [1.82, 2.24) is 9.88 Å². The van der Waals surface area contributed by atoms with E-state index < -0.39 is 11.6 Å². The molecule has 1 aromatic rings. The van der Waals surface area contributed by atoms with E-state index in [-0.39, 0.29) is 0 Å². The lowest BCUT2D eigenvalue weighted by Crippen LogP contribution is -2.44. The highest BCUT2D eigenvalue weighted by Crippen LogP contribution is 2.18. The molecule has 0 aliphatic heterocycles.